The van der Waals surface area contributed by atoms with Crippen LogP contribution in [0.2, 0.25) is 0 Å². The minimum absolute atomic E-state index is 0.310. The molecule has 76 valence electrons. The van der Waals surface area contributed by atoms with Crippen LogP contribution in [0.4, 0.5) is 0 Å². The Hall–Kier alpha value is -0.730. The van der Waals surface area contributed by atoms with Crippen molar-refractivity contribution in [1.29, 1.82) is 0 Å². The molecule has 0 spiro atoms. The maximum Gasteiger partial charge on any atom is 0.195 e. The van der Waals surface area contributed by atoms with E-state index in [1.807, 2.05) is 6.92 Å². The highest BCUT2D eigenvalue weighted by atomic mass is 35.5. The van der Waals surface area contributed by atoms with Crippen LogP contribution in [0.25, 0.3) is 0 Å². The molecule has 1 rings (SSSR count). The molecule has 0 atom stereocenters. The summed E-state index contributed by atoms with van der Waals surface area (Å²) in [4.78, 5) is 10.4. The Morgan fingerprint density at radius 2 is 2.21 bits per heavy atom. The molecule has 1 aromatic rings. The third-order valence-electron chi connectivity index (χ3n) is 1.63. The zero-order valence-electron chi connectivity index (χ0n) is 7.67. The monoisotopic (exact) mass is 232 g/mol. The van der Waals surface area contributed by atoms with Crippen molar-refractivity contribution in [3.05, 3.63) is 29.8 Å². The second-order valence-corrected chi connectivity index (χ2v) is 3.72. The van der Waals surface area contributed by atoms with Gasteiger partial charge in [0.05, 0.1) is 6.61 Å². The standard InChI is InChI=1S/C10H10Cl2O2/c1-2-14-8-5-3-4-7(6-8)9(13)10(11)12/h3-6,10H,2H2,1H3. The lowest BCUT2D eigenvalue weighted by atomic mass is 10.1. The van der Waals surface area contributed by atoms with Crippen LogP contribution < -0.4 is 4.74 Å². The molecule has 2 nitrogen and oxygen atoms in total. The third-order valence-corrected chi connectivity index (χ3v) is 2.02. The van der Waals surface area contributed by atoms with Crippen molar-refractivity contribution in [1.82, 2.24) is 0 Å². The number of carbonyl (C=O) groups excluding carboxylic acids is 1. The first-order valence-electron chi connectivity index (χ1n) is 4.20. The summed E-state index contributed by atoms with van der Waals surface area (Å²) in [5.41, 5.74) is 0.464. The molecule has 0 aromatic heterocycles. The van der Waals surface area contributed by atoms with Crippen LogP contribution in [0.3, 0.4) is 0 Å². The molecule has 0 N–H and O–H groups in total. The van der Waals surface area contributed by atoms with Gasteiger partial charge in [-0.05, 0) is 19.1 Å². The van der Waals surface area contributed by atoms with Gasteiger partial charge in [-0.3, -0.25) is 4.79 Å². The third kappa shape index (κ3) is 2.89. The Morgan fingerprint density at radius 3 is 2.79 bits per heavy atom. The zero-order chi connectivity index (χ0) is 10.6. The fourth-order valence-electron chi connectivity index (χ4n) is 1.03. The number of carbonyl (C=O) groups is 1. The fourth-order valence-corrected chi connectivity index (χ4v) is 1.28. The number of hydrogen-bond acceptors (Lipinski definition) is 2. The molecule has 14 heavy (non-hydrogen) atoms. The second-order valence-electron chi connectivity index (χ2n) is 2.63. The molecule has 1 aromatic carbocycles. The number of rotatable bonds is 4. The molecule has 0 heterocycles. The summed E-state index contributed by atoms with van der Waals surface area (Å²) >= 11 is 10.9. The van der Waals surface area contributed by atoms with Crippen LogP contribution in [0, 0.1) is 0 Å². The van der Waals surface area contributed by atoms with Crippen LogP contribution >= 0.6 is 23.2 Å². The van der Waals surface area contributed by atoms with Crippen molar-refractivity contribution >= 4 is 29.0 Å². The fraction of sp³-hybridized carbons (Fsp3) is 0.300. The smallest absolute Gasteiger partial charge is 0.195 e. The molecule has 0 fully saturated rings. The first kappa shape index (κ1) is 11.3. The number of alkyl halides is 2. The molecule has 0 saturated carbocycles. The first-order chi connectivity index (χ1) is 6.65. The lowest BCUT2D eigenvalue weighted by Crippen LogP contribution is -2.08. The summed E-state index contributed by atoms with van der Waals surface area (Å²) in [7, 11) is 0. The molecular weight excluding hydrogens is 223 g/mol. The predicted octanol–water partition coefficient (Wildman–Crippen LogP) is 3.07. The van der Waals surface area contributed by atoms with Gasteiger partial charge in [0, 0.05) is 5.56 Å². The highest BCUT2D eigenvalue weighted by molar-refractivity contribution is 6.55. The predicted molar refractivity (Wildman–Crippen MR) is 57.4 cm³/mol. The van der Waals surface area contributed by atoms with E-state index in [0.717, 1.165) is 0 Å². The molecule has 0 saturated heterocycles. The molecule has 0 aliphatic carbocycles. The quantitative estimate of drug-likeness (QED) is 0.590. The maximum absolute atomic E-state index is 11.4. The minimum atomic E-state index is -1.02. The molecule has 4 heteroatoms. The Bertz CT molecular complexity index is 324. The minimum Gasteiger partial charge on any atom is -0.494 e. The topological polar surface area (TPSA) is 26.3 Å². The number of benzene rings is 1. The van der Waals surface area contributed by atoms with E-state index in [-0.39, 0.29) is 5.78 Å². The lowest BCUT2D eigenvalue weighted by Gasteiger charge is -2.05. The van der Waals surface area contributed by atoms with E-state index >= 15 is 0 Å². The number of ketones is 1. The van der Waals surface area contributed by atoms with Gasteiger partial charge in [-0.1, -0.05) is 35.3 Å². The Morgan fingerprint density at radius 1 is 1.50 bits per heavy atom. The van der Waals surface area contributed by atoms with Crippen LogP contribution in [-0.2, 0) is 0 Å². The van der Waals surface area contributed by atoms with Gasteiger partial charge >= 0.3 is 0 Å². The summed E-state index contributed by atoms with van der Waals surface area (Å²) in [5.74, 6) is 0.335. The van der Waals surface area contributed by atoms with Gasteiger partial charge in [0.25, 0.3) is 0 Å². The highest BCUT2D eigenvalue weighted by Crippen LogP contribution is 2.17. The summed E-state index contributed by atoms with van der Waals surface area (Å²) in [6.45, 7) is 2.43. The summed E-state index contributed by atoms with van der Waals surface area (Å²) < 4.78 is 5.24. The largest absolute Gasteiger partial charge is 0.494 e. The van der Waals surface area contributed by atoms with Gasteiger partial charge in [-0.25, -0.2) is 0 Å². The van der Waals surface area contributed by atoms with Gasteiger partial charge in [0.1, 0.15) is 5.75 Å². The SMILES string of the molecule is CCOc1cccc(C(=O)C(Cl)Cl)c1. The molecule has 0 aliphatic rings. The van der Waals surface area contributed by atoms with Crippen molar-refractivity contribution in [3.8, 4) is 5.75 Å². The Kier molecular flexibility index (Phi) is 4.23. The average molecular weight is 233 g/mol. The molecule has 0 radical (unpaired) electrons. The van der Waals surface area contributed by atoms with E-state index in [1.165, 1.54) is 0 Å². The van der Waals surface area contributed by atoms with E-state index in [1.54, 1.807) is 24.3 Å². The van der Waals surface area contributed by atoms with Crippen molar-refractivity contribution < 1.29 is 9.53 Å². The van der Waals surface area contributed by atoms with Crippen molar-refractivity contribution in [2.24, 2.45) is 0 Å². The van der Waals surface area contributed by atoms with Gasteiger partial charge in [0.15, 0.2) is 10.6 Å². The van der Waals surface area contributed by atoms with E-state index < -0.39 is 4.84 Å². The number of hydrogen-bond donors (Lipinski definition) is 0. The summed E-state index contributed by atoms with van der Waals surface area (Å²) in [6.07, 6.45) is 0. The van der Waals surface area contributed by atoms with Crippen LogP contribution in [0.1, 0.15) is 17.3 Å². The van der Waals surface area contributed by atoms with Gasteiger partial charge in [-0.2, -0.15) is 0 Å². The number of halogens is 2. The first-order valence-corrected chi connectivity index (χ1v) is 5.07. The Balaban J connectivity index is 2.88. The van der Waals surface area contributed by atoms with Crippen LogP contribution in [-0.4, -0.2) is 17.2 Å². The summed E-state index contributed by atoms with van der Waals surface area (Å²) in [5, 5.41) is 0. The average Bonchev–Trinajstić information content (AvgIpc) is 2.17. The number of Topliss-reactive ketones (excluding diaryl/α,β-unsaturated/α-hetero) is 1. The van der Waals surface area contributed by atoms with Crippen LogP contribution in [0.5, 0.6) is 5.75 Å². The molecule has 0 aliphatic heterocycles. The molecule has 0 unspecified atom stereocenters. The van der Waals surface area contributed by atoms with Crippen LogP contribution in [0.15, 0.2) is 24.3 Å². The number of ether oxygens (including phenoxy) is 1. The zero-order valence-corrected chi connectivity index (χ0v) is 9.18. The van der Waals surface area contributed by atoms with Crippen molar-refractivity contribution in [3.63, 3.8) is 0 Å². The van der Waals surface area contributed by atoms with Crippen molar-refractivity contribution in [2.75, 3.05) is 6.61 Å². The molecule has 0 amide bonds. The van der Waals surface area contributed by atoms with E-state index in [2.05, 4.69) is 0 Å². The van der Waals surface area contributed by atoms with Crippen molar-refractivity contribution in [2.45, 2.75) is 11.8 Å². The molecule has 0 bridgehead atoms. The van der Waals surface area contributed by atoms with Gasteiger partial charge in [0.2, 0.25) is 0 Å². The van der Waals surface area contributed by atoms with Gasteiger partial charge < -0.3 is 4.74 Å². The van der Waals surface area contributed by atoms with E-state index in [9.17, 15) is 4.79 Å². The Labute approximate surface area is 92.8 Å². The molecular formula is C10H10Cl2O2. The summed E-state index contributed by atoms with van der Waals surface area (Å²) in [6, 6.07) is 6.79. The lowest BCUT2D eigenvalue weighted by molar-refractivity contribution is 0.101. The van der Waals surface area contributed by atoms with E-state index in [4.69, 9.17) is 27.9 Å². The highest BCUT2D eigenvalue weighted by Gasteiger charge is 2.14. The normalized spacial score (nSPS) is 10.3. The second kappa shape index (κ2) is 5.23. The maximum atomic E-state index is 11.4. The van der Waals surface area contributed by atoms with Gasteiger partial charge in [-0.15, -0.1) is 0 Å². The van der Waals surface area contributed by atoms with E-state index in [0.29, 0.717) is 17.9 Å².